The molecule has 0 spiro atoms. The van der Waals surface area contributed by atoms with Crippen molar-refractivity contribution in [3.8, 4) is 41.1 Å². The van der Waals surface area contributed by atoms with Crippen LogP contribution in [0.1, 0.15) is 78.5 Å². The minimum atomic E-state index is -0.933. The maximum atomic E-state index is 16.9. The lowest BCUT2D eigenvalue weighted by Gasteiger charge is -2.36. The zero-order valence-corrected chi connectivity index (χ0v) is 36.2. The summed E-state index contributed by atoms with van der Waals surface area (Å²) >= 11 is 0. The number of benzene rings is 6. The highest BCUT2D eigenvalue weighted by Gasteiger charge is 2.40. The van der Waals surface area contributed by atoms with Crippen molar-refractivity contribution >= 4 is 21.8 Å². The number of hydrogen-bond donors (Lipinski definition) is 0. The molecule has 0 N–H and O–H groups in total. The third kappa shape index (κ3) is 7.99. The minimum absolute atomic E-state index is 0.111. The first kappa shape index (κ1) is 41.3. The molecule has 0 bridgehead atoms. The van der Waals surface area contributed by atoms with Crippen molar-refractivity contribution < 1.29 is 23.3 Å². The zero-order valence-electron chi connectivity index (χ0n) is 36.2. The summed E-state index contributed by atoms with van der Waals surface area (Å²) in [5.74, 6) is 3.32. The highest BCUT2D eigenvalue weighted by Crippen LogP contribution is 2.54. The van der Waals surface area contributed by atoms with E-state index in [2.05, 4.69) is 54.6 Å². The second-order valence-electron chi connectivity index (χ2n) is 17.0. The number of ether oxygens (including phenoxy) is 4. The predicted molar refractivity (Wildman–Crippen MR) is 246 cm³/mol. The normalized spacial score (nSPS) is 13.0. The number of aromatic nitrogens is 4. The third-order valence-electron chi connectivity index (χ3n) is 11.5. The second kappa shape index (κ2) is 17.0. The van der Waals surface area contributed by atoms with Gasteiger partial charge in [-0.05, 0) is 98.0 Å². The van der Waals surface area contributed by atoms with Crippen LogP contribution in [0, 0.1) is 25.1 Å². The summed E-state index contributed by atoms with van der Waals surface area (Å²) in [6.07, 6.45) is 9.69. The van der Waals surface area contributed by atoms with Crippen molar-refractivity contribution in [2.24, 2.45) is 0 Å². The van der Waals surface area contributed by atoms with Crippen LogP contribution in [0.4, 0.5) is 4.39 Å². The first-order valence-corrected chi connectivity index (χ1v) is 21.3. The van der Waals surface area contributed by atoms with Gasteiger partial charge in [-0.1, -0.05) is 109 Å². The smallest absolute Gasteiger partial charge is 0.320 e. The summed E-state index contributed by atoms with van der Waals surface area (Å²) in [5.41, 5.74) is 7.01. The molecule has 0 radical (unpaired) electrons. The van der Waals surface area contributed by atoms with Crippen LogP contribution in [0.2, 0.25) is 0 Å². The summed E-state index contributed by atoms with van der Waals surface area (Å²) in [5, 5.41) is 6.78. The molecule has 1 aliphatic rings. The Hall–Kier alpha value is -7.02. The fourth-order valence-corrected chi connectivity index (χ4v) is 8.49. The molecule has 1 aliphatic carbocycles. The van der Waals surface area contributed by atoms with Gasteiger partial charge in [0.2, 0.25) is 5.88 Å². The molecule has 1 fully saturated rings. The molecule has 63 heavy (non-hydrogen) atoms. The van der Waals surface area contributed by atoms with E-state index in [1.54, 1.807) is 13.2 Å². The van der Waals surface area contributed by atoms with Gasteiger partial charge < -0.3 is 18.9 Å². The van der Waals surface area contributed by atoms with Crippen LogP contribution in [0.3, 0.4) is 0 Å². The number of hydrogen-bond acceptors (Lipinski definition) is 7. The SMILES string of the molecule is C#Cc1ccc(COc2c(-c3c(C)c(F)cc4nn(C(c5ccccc5)(c5ccccc5)c5ccccc5)cc34)c(C3CC3)cc3c(OC(C)(C)C)nc(OCCOC)nc23)cc1. The quantitative estimate of drug-likeness (QED) is 0.0613. The topological polar surface area (TPSA) is 80.5 Å². The Labute approximate surface area is 367 Å². The van der Waals surface area contributed by atoms with E-state index in [4.69, 9.17) is 40.4 Å². The molecule has 9 heteroatoms. The molecule has 0 atom stereocenters. The zero-order chi connectivity index (χ0) is 43.7. The Morgan fingerprint density at radius 3 is 1.94 bits per heavy atom. The van der Waals surface area contributed by atoms with Gasteiger partial charge in [0.25, 0.3) is 0 Å². The van der Waals surface area contributed by atoms with Gasteiger partial charge in [0.05, 0.1) is 17.5 Å². The Balaban J connectivity index is 1.37. The molecule has 8 nitrogen and oxygen atoms in total. The predicted octanol–water partition coefficient (Wildman–Crippen LogP) is 11.6. The van der Waals surface area contributed by atoms with Crippen LogP contribution in [0.15, 0.2) is 134 Å². The Bertz CT molecular complexity index is 2860. The lowest BCUT2D eigenvalue weighted by Crippen LogP contribution is -2.38. The fourth-order valence-electron chi connectivity index (χ4n) is 8.49. The summed E-state index contributed by atoms with van der Waals surface area (Å²) in [6, 6.07) is 42.5. The largest absolute Gasteiger partial charge is 0.486 e. The standard InChI is InChI=1S/C54H49FN4O4/c1-7-36-23-25-37(26-24-36)34-62-50-48(42(38-27-28-38)31-43-49(50)56-52(61-30-29-60-6)57-51(43)63-53(3,4)5)47-35(2)45(55)32-46-44(47)33-59(58-46)54(39-17-11-8-12-18-39,40-19-13-9-14-20-40)41-21-15-10-16-22-41/h1,8-26,31-33,38H,27-30,34H2,2-6H3. The average molecular weight is 837 g/mol. The van der Waals surface area contributed by atoms with Gasteiger partial charge in [-0.3, -0.25) is 4.68 Å². The van der Waals surface area contributed by atoms with Crippen LogP contribution < -0.4 is 14.2 Å². The Morgan fingerprint density at radius 2 is 1.38 bits per heavy atom. The van der Waals surface area contributed by atoms with Gasteiger partial charge in [-0.15, -0.1) is 6.42 Å². The molecule has 0 saturated heterocycles. The van der Waals surface area contributed by atoms with Crippen LogP contribution in [0.5, 0.6) is 17.6 Å². The number of methoxy groups -OCH3 is 1. The monoisotopic (exact) mass is 836 g/mol. The highest BCUT2D eigenvalue weighted by atomic mass is 19.1. The van der Waals surface area contributed by atoms with E-state index in [1.165, 1.54) is 0 Å². The summed E-state index contributed by atoms with van der Waals surface area (Å²) in [6.45, 7) is 8.49. The first-order valence-electron chi connectivity index (χ1n) is 21.3. The molecule has 8 aromatic rings. The number of nitrogens with zero attached hydrogens (tertiary/aromatic N) is 4. The van der Waals surface area contributed by atoms with Gasteiger partial charge in [0.1, 0.15) is 35.7 Å². The van der Waals surface area contributed by atoms with Crippen LogP contribution in [0.25, 0.3) is 32.9 Å². The van der Waals surface area contributed by atoms with Crippen molar-refractivity contribution in [2.75, 3.05) is 20.3 Å². The van der Waals surface area contributed by atoms with Crippen molar-refractivity contribution in [2.45, 2.75) is 64.2 Å². The Morgan fingerprint density at radius 1 is 0.762 bits per heavy atom. The number of halogens is 1. The molecule has 1 saturated carbocycles. The van der Waals surface area contributed by atoms with E-state index in [1.807, 2.05) is 111 Å². The van der Waals surface area contributed by atoms with E-state index >= 15 is 4.39 Å². The summed E-state index contributed by atoms with van der Waals surface area (Å²) in [4.78, 5) is 9.84. The van der Waals surface area contributed by atoms with Crippen LogP contribution in [-0.4, -0.2) is 45.7 Å². The molecular weight excluding hydrogens is 788 g/mol. The number of terminal acetylenes is 1. The lowest BCUT2D eigenvalue weighted by molar-refractivity contribution is 0.120. The maximum Gasteiger partial charge on any atom is 0.320 e. The molecule has 9 rings (SSSR count). The number of rotatable bonds is 14. The second-order valence-corrected chi connectivity index (χ2v) is 17.0. The molecule has 0 amide bonds. The van der Waals surface area contributed by atoms with Gasteiger partial charge in [0, 0.05) is 41.4 Å². The molecule has 316 valence electrons. The first-order chi connectivity index (χ1) is 30.6. The molecule has 6 aromatic carbocycles. The van der Waals surface area contributed by atoms with Gasteiger partial charge >= 0.3 is 6.01 Å². The van der Waals surface area contributed by atoms with Gasteiger partial charge in [0.15, 0.2) is 5.75 Å². The van der Waals surface area contributed by atoms with Crippen LogP contribution in [-0.2, 0) is 16.9 Å². The summed E-state index contributed by atoms with van der Waals surface area (Å²) in [7, 11) is 1.61. The maximum absolute atomic E-state index is 16.9. The lowest BCUT2D eigenvalue weighted by atomic mass is 9.77. The van der Waals surface area contributed by atoms with E-state index < -0.39 is 11.1 Å². The highest BCUT2D eigenvalue weighted by molar-refractivity contribution is 6.05. The third-order valence-corrected chi connectivity index (χ3v) is 11.5. The van der Waals surface area contributed by atoms with Crippen molar-refractivity contribution in [1.82, 2.24) is 19.7 Å². The molecule has 2 aromatic heterocycles. The van der Waals surface area contributed by atoms with E-state index in [9.17, 15) is 0 Å². The van der Waals surface area contributed by atoms with E-state index in [0.717, 1.165) is 57.2 Å². The average Bonchev–Trinajstić information content (AvgIpc) is 4.06. The van der Waals surface area contributed by atoms with Crippen molar-refractivity contribution in [1.29, 1.82) is 0 Å². The molecular formula is C54H49FN4O4. The molecule has 2 heterocycles. The van der Waals surface area contributed by atoms with E-state index in [0.29, 0.717) is 45.8 Å². The van der Waals surface area contributed by atoms with Crippen LogP contribution >= 0.6 is 0 Å². The Kier molecular flexibility index (Phi) is 11.2. The fraction of sp³-hybridized carbons (Fsp3) is 0.241. The van der Waals surface area contributed by atoms with Gasteiger partial charge in [-0.25, -0.2) is 4.39 Å². The van der Waals surface area contributed by atoms with Crippen molar-refractivity contribution in [3.05, 3.63) is 178 Å². The number of fused-ring (bicyclic) bond motifs is 2. The van der Waals surface area contributed by atoms with Crippen molar-refractivity contribution in [3.63, 3.8) is 0 Å². The minimum Gasteiger partial charge on any atom is -0.486 e. The summed E-state index contributed by atoms with van der Waals surface area (Å²) < 4.78 is 43.9. The van der Waals surface area contributed by atoms with E-state index in [-0.39, 0.29) is 31.0 Å². The van der Waals surface area contributed by atoms with Gasteiger partial charge in [-0.2, -0.15) is 15.1 Å². The molecule has 0 aliphatic heterocycles. The molecule has 0 unspecified atom stereocenters.